The van der Waals surface area contributed by atoms with E-state index >= 15 is 0 Å². The van der Waals surface area contributed by atoms with Crippen molar-refractivity contribution in [1.82, 2.24) is 10.6 Å². The Morgan fingerprint density at radius 2 is 1.92 bits per heavy atom. The van der Waals surface area contributed by atoms with E-state index in [9.17, 15) is 9.59 Å². The average molecular weight is 331 g/mol. The van der Waals surface area contributed by atoms with Crippen molar-refractivity contribution in [3.05, 3.63) is 35.9 Å². The minimum Gasteiger partial charge on any atom is -0.367 e. The molecule has 0 bridgehead atoms. The molecule has 3 rings (SSSR count). The van der Waals surface area contributed by atoms with Gasteiger partial charge in [-0.2, -0.15) is 0 Å². The monoisotopic (exact) mass is 331 g/mol. The second kappa shape index (κ2) is 7.66. The lowest BCUT2D eigenvalue weighted by atomic mass is 9.94. The van der Waals surface area contributed by atoms with Gasteiger partial charge in [-0.1, -0.05) is 36.8 Å². The highest BCUT2D eigenvalue weighted by atomic mass is 16.5. The fourth-order valence-electron chi connectivity index (χ4n) is 3.72. The van der Waals surface area contributed by atoms with Gasteiger partial charge < -0.3 is 21.1 Å². The van der Waals surface area contributed by atoms with E-state index in [1.54, 1.807) is 0 Å². The fraction of sp³-hybridized carbons (Fsp3) is 0.556. The number of carbonyl (C=O) groups is 2. The number of amides is 3. The zero-order chi connectivity index (χ0) is 16.9. The lowest BCUT2D eigenvalue weighted by molar-refractivity contribution is -0.128. The minimum atomic E-state index is -0.517. The highest BCUT2D eigenvalue weighted by molar-refractivity contribution is 5.79. The summed E-state index contributed by atoms with van der Waals surface area (Å²) in [7, 11) is 0. The maximum atomic E-state index is 12.2. The summed E-state index contributed by atoms with van der Waals surface area (Å²) in [5, 5.41) is 5.94. The molecule has 1 saturated heterocycles. The summed E-state index contributed by atoms with van der Waals surface area (Å²) in [6, 6.07) is 10.3. The summed E-state index contributed by atoms with van der Waals surface area (Å²) in [5.74, 6) is -0.0578. The van der Waals surface area contributed by atoms with Crippen molar-refractivity contribution in [3.8, 4) is 0 Å². The van der Waals surface area contributed by atoms with Crippen LogP contribution in [0.5, 0.6) is 0 Å². The Balaban J connectivity index is 1.46. The number of nitrogens with two attached hydrogens (primary N) is 1. The van der Waals surface area contributed by atoms with Crippen LogP contribution in [0, 0.1) is 0 Å². The van der Waals surface area contributed by atoms with E-state index in [1.807, 2.05) is 18.2 Å². The van der Waals surface area contributed by atoms with Crippen molar-refractivity contribution in [3.63, 3.8) is 0 Å². The maximum absolute atomic E-state index is 12.2. The molecule has 1 heterocycles. The van der Waals surface area contributed by atoms with Crippen LogP contribution < -0.4 is 16.4 Å². The minimum absolute atomic E-state index is 0.137. The molecule has 6 nitrogen and oxygen atoms in total. The molecule has 24 heavy (non-hydrogen) atoms. The second-order valence-electron chi connectivity index (χ2n) is 6.64. The Kier molecular flexibility index (Phi) is 5.35. The van der Waals surface area contributed by atoms with Gasteiger partial charge in [0, 0.05) is 18.5 Å². The zero-order valence-corrected chi connectivity index (χ0v) is 13.7. The van der Waals surface area contributed by atoms with Gasteiger partial charge >= 0.3 is 6.03 Å². The first-order valence-corrected chi connectivity index (χ1v) is 8.67. The molecule has 2 aliphatic rings. The Morgan fingerprint density at radius 1 is 1.12 bits per heavy atom. The Bertz CT molecular complexity index is 578. The maximum Gasteiger partial charge on any atom is 0.315 e. The summed E-state index contributed by atoms with van der Waals surface area (Å²) >= 11 is 0. The molecule has 2 fully saturated rings. The third-order valence-electron chi connectivity index (χ3n) is 4.98. The van der Waals surface area contributed by atoms with E-state index in [0.29, 0.717) is 18.9 Å². The quantitative estimate of drug-likeness (QED) is 0.766. The summed E-state index contributed by atoms with van der Waals surface area (Å²) in [6.07, 6.45) is 3.93. The lowest BCUT2D eigenvalue weighted by Gasteiger charge is -2.22. The normalized spacial score (nSPS) is 29.3. The van der Waals surface area contributed by atoms with Crippen molar-refractivity contribution >= 4 is 11.9 Å². The van der Waals surface area contributed by atoms with Gasteiger partial charge in [0.2, 0.25) is 5.91 Å². The first-order chi connectivity index (χ1) is 11.6. The molecule has 2 unspecified atom stereocenters. The number of nitrogens with one attached hydrogen (secondary N) is 2. The predicted octanol–water partition coefficient (Wildman–Crippen LogP) is 1.65. The molecule has 1 aromatic rings. The molecule has 130 valence electrons. The first kappa shape index (κ1) is 16.8. The molecule has 1 aliphatic heterocycles. The van der Waals surface area contributed by atoms with Crippen molar-refractivity contribution in [2.75, 3.05) is 6.54 Å². The van der Waals surface area contributed by atoms with Gasteiger partial charge in [0.25, 0.3) is 0 Å². The molecule has 0 radical (unpaired) electrons. The number of primary amides is 1. The van der Waals surface area contributed by atoms with Crippen molar-refractivity contribution in [1.29, 1.82) is 0 Å². The fourth-order valence-corrected chi connectivity index (χ4v) is 3.72. The summed E-state index contributed by atoms with van der Waals surface area (Å²) in [6.45, 7) is 0.401. The van der Waals surface area contributed by atoms with Crippen LogP contribution in [0.25, 0.3) is 0 Å². The molecule has 0 spiro atoms. The SMILES string of the molecule is NC(=O)C1CCC(CNC(=O)N[C@@H]2CCC[C@H]2c2ccccc2)O1. The number of benzene rings is 1. The highest BCUT2D eigenvalue weighted by Crippen LogP contribution is 2.34. The van der Waals surface area contributed by atoms with Gasteiger partial charge in [0.15, 0.2) is 0 Å². The third-order valence-corrected chi connectivity index (χ3v) is 4.98. The van der Waals surface area contributed by atoms with E-state index < -0.39 is 12.0 Å². The van der Waals surface area contributed by atoms with Crippen LogP contribution in [0.15, 0.2) is 30.3 Å². The van der Waals surface area contributed by atoms with Crippen LogP contribution in [-0.4, -0.2) is 36.7 Å². The van der Waals surface area contributed by atoms with Crippen LogP contribution in [0.2, 0.25) is 0 Å². The van der Waals surface area contributed by atoms with E-state index in [-0.39, 0.29) is 18.2 Å². The van der Waals surface area contributed by atoms with Gasteiger partial charge in [-0.25, -0.2) is 4.79 Å². The molecule has 6 heteroatoms. The van der Waals surface area contributed by atoms with Crippen LogP contribution in [-0.2, 0) is 9.53 Å². The molecule has 0 aromatic heterocycles. The predicted molar refractivity (Wildman–Crippen MR) is 90.4 cm³/mol. The zero-order valence-electron chi connectivity index (χ0n) is 13.7. The number of ether oxygens (including phenoxy) is 1. The average Bonchev–Trinajstić information content (AvgIpc) is 3.23. The summed E-state index contributed by atoms with van der Waals surface area (Å²) < 4.78 is 5.52. The van der Waals surface area contributed by atoms with Crippen molar-refractivity contribution in [2.24, 2.45) is 5.73 Å². The van der Waals surface area contributed by atoms with E-state index in [1.165, 1.54) is 5.56 Å². The standard InChI is InChI=1S/C18H25N3O3/c19-17(22)16-10-9-13(24-16)11-20-18(23)21-15-8-4-7-14(15)12-5-2-1-3-6-12/h1-3,5-6,13-16H,4,7-11H2,(H2,19,22)(H2,20,21,23)/t13?,14-,15+,16?/m0/s1. The molecule has 1 saturated carbocycles. The van der Waals surface area contributed by atoms with Crippen LogP contribution >= 0.6 is 0 Å². The molecule has 1 aliphatic carbocycles. The second-order valence-corrected chi connectivity index (χ2v) is 6.64. The highest BCUT2D eigenvalue weighted by Gasteiger charge is 2.31. The topological polar surface area (TPSA) is 93.5 Å². The van der Waals surface area contributed by atoms with E-state index in [0.717, 1.165) is 25.7 Å². The molecular formula is C18H25N3O3. The molecule has 4 atom stereocenters. The Morgan fingerprint density at radius 3 is 2.62 bits per heavy atom. The van der Waals surface area contributed by atoms with Gasteiger partial charge in [-0.3, -0.25) is 4.79 Å². The number of hydrogen-bond donors (Lipinski definition) is 3. The van der Waals surface area contributed by atoms with Gasteiger partial charge in [0.1, 0.15) is 6.10 Å². The van der Waals surface area contributed by atoms with Crippen LogP contribution in [0.4, 0.5) is 4.79 Å². The molecule has 3 amide bonds. The lowest BCUT2D eigenvalue weighted by Crippen LogP contribution is -2.45. The summed E-state index contributed by atoms with van der Waals surface area (Å²) in [4.78, 5) is 23.3. The van der Waals surface area contributed by atoms with Gasteiger partial charge in [-0.05, 0) is 31.2 Å². The number of urea groups is 1. The summed E-state index contributed by atoms with van der Waals surface area (Å²) in [5.41, 5.74) is 6.51. The van der Waals surface area contributed by atoms with Crippen molar-refractivity contribution in [2.45, 2.75) is 56.3 Å². The smallest absolute Gasteiger partial charge is 0.315 e. The van der Waals surface area contributed by atoms with E-state index in [2.05, 4.69) is 22.8 Å². The Labute approximate surface area is 142 Å². The number of carbonyl (C=O) groups excluding carboxylic acids is 2. The van der Waals surface area contributed by atoms with Crippen LogP contribution in [0.1, 0.15) is 43.6 Å². The first-order valence-electron chi connectivity index (χ1n) is 8.67. The van der Waals surface area contributed by atoms with Gasteiger partial charge in [0.05, 0.1) is 6.10 Å². The number of rotatable bonds is 5. The third kappa shape index (κ3) is 4.06. The largest absolute Gasteiger partial charge is 0.367 e. The molecular weight excluding hydrogens is 306 g/mol. The molecule has 1 aromatic carbocycles. The Hall–Kier alpha value is -2.08. The number of hydrogen-bond acceptors (Lipinski definition) is 3. The van der Waals surface area contributed by atoms with Crippen molar-refractivity contribution < 1.29 is 14.3 Å². The molecule has 4 N–H and O–H groups in total. The van der Waals surface area contributed by atoms with Crippen LogP contribution in [0.3, 0.4) is 0 Å². The van der Waals surface area contributed by atoms with Gasteiger partial charge in [-0.15, -0.1) is 0 Å². The van der Waals surface area contributed by atoms with E-state index in [4.69, 9.17) is 10.5 Å².